The fourth-order valence-electron chi connectivity index (χ4n) is 3.28. The van der Waals surface area contributed by atoms with Crippen molar-refractivity contribution < 1.29 is 41.8 Å². The van der Waals surface area contributed by atoms with E-state index in [0.717, 1.165) is 12.1 Å². The van der Waals surface area contributed by atoms with Gasteiger partial charge in [0.15, 0.2) is 5.82 Å². The molecule has 0 saturated heterocycles. The minimum Gasteiger partial charge on any atom is -0.461 e. The summed E-state index contributed by atoms with van der Waals surface area (Å²) in [5.74, 6) is -6.52. The Bertz CT molecular complexity index is 1150. The number of benzene rings is 2. The third-order valence-corrected chi connectivity index (χ3v) is 4.85. The number of ether oxygens (including phenoxy) is 3. The van der Waals surface area contributed by atoms with Crippen LogP contribution in [0.3, 0.4) is 0 Å². The highest BCUT2D eigenvalue weighted by atomic mass is 19.3. The topological polar surface area (TPSA) is 94.2 Å². The quantitative estimate of drug-likeness (QED) is 0.545. The molecule has 1 N–H and O–H groups in total. The number of rotatable bonds is 6. The largest absolute Gasteiger partial charge is 0.461 e. The summed E-state index contributed by atoms with van der Waals surface area (Å²) in [5.41, 5.74) is -1.11. The lowest BCUT2D eigenvalue weighted by atomic mass is 10.0. The number of esters is 1. The lowest BCUT2D eigenvalue weighted by Gasteiger charge is -2.29. The number of alkyl halides is 2. The summed E-state index contributed by atoms with van der Waals surface area (Å²) in [4.78, 5) is 37.2. The molecule has 188 valence electrons. The van der Waals surface area contributed by atoms with Gasteiger partial charge in [0.05, 0.1) is 25.4 Å². The van der Waals surface area contributed by atoms with Crippen LogP contribution < -0.4 is 10.1 Å². The Hall–Kier alpha value is -3.76. The van der Waals surface area contributed by atoms with Crippen LogP contribution in [0.1, 0.15) is 44.4 Å². The zero-order valence-electron chi connectivity index (χ0n) is 19.6. The second-order valence-electron chi connectivity index (χ2n) is 8.75. The summed E-state index contributed by atoms with van der Waals surface area (Å²) in [5, 5.41) is 2.33. The molecule has 3 rings (SSSR count). The number of hydrogen-bond donors (Lipinski definition) is 1. The van der Waals surface area contributed by atoms with Gasteiger partial charge in [-0.2, -0.15) is 8.78 Å². The van der Waals surface area contributed by atoms with E-state index in [0.29, 0.717) is 5.56 Å². The normalized spacial score (nSPS) is 13.6. The lowest BCUT2D eigenvalue weighted by molar-refractivity contribution is -0.173. The second kappa shape index (κ2) is 9.85. The van der Waals surface area contributed by atoms with Gasteiger partial charge < -0.3 is 14.2 Å². The molecule has 0 radical (unpaired) electrons. The van der Waals surface area contributed by atoms with Crippen LogP contribution in [0.25, 0.3) is 0 Å². The fourth-order valence-corrected chi connectivity index (χ4v) is 3.28. The van der Waals surface area contributed by atoms with E-state index in [1.165, 1.54) is 36.1 Å². The highest BCUT2D eigenvalue weighted by Gasteiger charge is 2.43. The molecule has 2 aromatic rings. The summed E-state index contributed by atoms with van der Waals surface area (Å²) in [6.45, 7) is 5.93. The number of fused-ring (bicyclic) bond motifs is 1. The van der Waals surface area contributed by atoms with Crippen molar-refractivity contribution in [1.82, 2.24) is 4.90 Å². The minimum atomic E-state index is -3.92. The minimum absolute atomic E-state index is 0.0530. The number of nitrogens with zero attached hydrogens (tertiary/aromatic N) is 1. The third-order valence-electron chi connectivity index (χ3n) is 4.85. The first-order valence-electron chi connectivity index (χ1n) is 10.7. The Kier molecular flexibility index (Phi) is 7.27. The lowest BCUT2D eigenvalue weighted by Crippen LogP contribution is -2.37. The smallest absolute Gasteiger partial charge is 0.415 e. The van der Waals surface area contributed by atoms with Gasteiger partial charge in [0, 0.05) is 16.7 Å². The summed E-state index contributed by atoms with van der Waals surface area (Å²) in [7, 11) is 0. The third kappa shape index (κ3) is 6.03. The summed E-state index contributed by atoms with van der Waals surface area (Å²) in [6.07, 6.45) is -1.73. The van der Waals surface area contributed by atoms with Crippen molar-refractivity contribution in [2.45, 2.75) is 52.3 Å². The molecular weight excluding hydrogens is 469 g/mol. The SMILES string of the molecule is CCOC(=O)C(F)(F)c1ccc2c(c1)OC(=O)N(Cc1cccc(NC(=O)OC(C)(C)C)c1F)C2. The molecule has 0 atom stereocenters. The Labute approximate surface area is 199 Å². The molecule has 0 spiro atoms. The zero-order valence-corrected chi connectivity index (χ0v) is 19.6. The van der Waals surface area contributed by atoms with Gasteiger partial charge in [-0.05, 0) is 39.8 Å². The van der Waals surface area contributed by atoms with Gasteiger partial charge in [0.1, 0.15) is 11.4 Å². The van der Waals surface area contributed by atoms with Crippen molar-refractivity contribution in [3.63, 3.8) is 0 Å². The van der Waals surface area contributed by atoms with Crippen molar-refractivity contribution in [2.75, 3.05) is 11.9 Å². The molecule has 8 nitrogen and oxygen atoms in total. The van der Waals surface area contributed by atoms with Crippen LogP contribution in [0, 0.1) is 5.82 Å². The molecule has 0 fully saturated rings. The van der Waals surface area contributed by atoms with Crippen LogP contribution in [-0.2, 0) is 33.3 Å². The van der Waals surface area contributed by atoms with Gasteiger partial charge in [-0.25, -0.2) is 18.8 Å². The number of carbonyl (C=O) groups excluding carboxylic acids is 3. The predicted octanol–water partition coefficient (Wildman–Crippen LogP) is 5.34. The van der Waals surface area contributed by atoms with Gasteiger partial charge in [-0.1, -0.05) is 24.3 Å². The number of anilines is 1. The summed E-state index contributed by atoms with van der Waals surface area (Å²) < 4.78 is 58.3. The monoisotopic (exact) mass is 494 g/mol. The molecule has 0 saturated carbocycles. The van der Waals surface area contributed by atoms with E-state index in [1.54, 1.807) is 20.8 Å². The van der Waals surface area contributed by atoms with Crippen LogP contribution in [-0.4, -0.2) is 35.3 Å². The molecular formula is C24H25F3N2O6. The van der Waals surface area contributed by atoms with Gasteiger partial charge in [-0.15, -0.1) is 0 Å². The number of carbonyl (C=O) groups is 3. The predicted molar refractivity (Wildman–Crippen MR) is 118 cm³/mol. The van der Waals surface area contributed by atoms with Crippen molar-refractivity contribution in [3.8, 4) is 5.75 Å². The van der Waals surface area contributed by atoms with Crippen LogP contribution in [0.2, 0.25) is 0 Å². The molecule has 0 unspecified atom stereocenters. The summed E-state index contributed by atoms with van der Waals surface area (Å²) in [6, 6.07) is 7.53. The molecule has 11 heteroatoms. The number of hydrogen-bond acceptors (Lipinski definition) is 6. The number of nitrogens with one attached hydrogen (secondary N) is 1. The molecule has 1 aliphatic rings. The zero-order chi connectivity index (χ0) is 26.0. The second-order valence-corrected chi connectivity index (χ2v) is 8.75. The van der Waals surface area contributed by atoms with Crippen molar-refractivity contribution in [3.05, 3.63) is 58.9 Å². The molecule has 0 aliphatic carbocycles. The average molecular weight is 494 g/mol. The van der Waals surface area contributed by atoms with Gasteiger partial charge in [0.25, 0.3) is 0 Å². The van der Waals surface area contributed by atoms with Crippen molar-refractivity contribution >= 4 is 23.8 Å². The Morgan fingerprint density at radius 2 is 1.89 bits per heavy atom. The van der Waals surface area contributed by atoms with Crippen LogP contribution in [0.4, 0.5) is 28.4 Å². The summed E-state index contributed by atoms with van der Waals surface area (Å²) >= 11 is 0. The highest BCUT2D eigenvalue weighted by Crippen LogP contribution is 2.36. The molecule has 1 heterocycles. The van der Waals surface area contributed by atoms with E-state index in [9.17, 15) is 27.6 Å². The van der Waals surface area contributed by atoms with Crippen LogP contribution in [0.15, 0.2) is 36.4 Å². The standard InChI is InChI=1S/C24H25F3N2O6/c1-5-33-20(30)24(26,27)16-10-9-14-12-29(22(32)34-18(14)11-16)13-15-7-6-8-17(19(15)25)28-21(31)35-23(2,3)4/h6-11H,5,12-13H2,1-4H3,(H,28,31). The first-order chi connectivity index (χ1) is 16.3. The van der Waals surface area contributed by atoms with Crippen molar-refractivity contribution in [2.24, 2.45) is 0 Å². The number of halogens is 3. The molecule has 1 aliphatic heterocycles. The molecule has 2 aromatic carbocycles. The van der Waals surface area contributed by atoms with Crippen LogP contribution >= 0.6 is 0 Å². The van der Waals surface area contributed by atoms with Gasteiger partial charge >= 0.3 is 24.1 Å². The van der Waals surface area contributed by atoms with E-state index in [4.69, 9.17) is 9.47 Å². The van der Waals surface area contributed by atoms with E-state index >= 15 is 0 Å². The highest BCUT2D eigenvalue weighted by molar-refractivity contribution is 5.85. The van der Waals surface area contributed by atoms with E-state index < -0.39 is 41.1 Å². The Balaban J connectivity index is 1.76. The maximum atomic E-state index is 15.0. The molecule has 0 aromatic heterocycles. The Morgan fingerprint density at radius 3 is 2.54 bits per heavy atom. The van der Waals surface area contributed by atoms with Gasteiger partial charge in [0.2, 0.25) is 0 Å². The molecule has 35 heavy (non-hydrogen) atoms. The average Bonchev–Trinajstić information content (AvgIpc) is 2.75. The van der Waals surface area contributed by atoms with E-state index in [1.807, 2.05) is 0 Å². The first kappa shape index (κ1) is 25.9. The Morgan fingerprint density at radius 1 is 1.17 bits per heavy atom. The van der Waals surface area contributed by atoms with E-state index in [-0.39, 0.29) is 36.7 Å². The van der Waals surface area contributed by atoms with Crippen LogP contribution in [0.5, 0.6) is 5.75 Å². The van der Waals surface area contributed by atoms with Gasteiger partial charge in [-0.3, -0.25) is 10.2 Å². The first-order valence-corrected chi connectivity index (χ1v) is 10.7. The number of amides is 2. The molecule has 2 amide bonds. The molecule has 0 bridgehead atoms. The van der Waals surface area contributed by atoms with Crippen molar-refractivity contribution in [1.29, 1.82) is 0 Å². The maximum absolute atomic E-state index is 15.0. The maximum Gasteiger partial charge on any atom is 0.415 e. The van der Waals surface area contributed by atoms with E-state index in [2.05, 4.69) is 10.1 Å². The fraction of sp³-hybridized carbons (Fsp3) is 0.375.